The molecular formula is C15H19N3O4S. The van der Waals surface area contributed by atoms with E-state index in [4.69, 9.17) is 0 Å². The van der Waals surface area contributed by atoms with Crippen molar-refractivity contribution in [3.8, 4) is 0 Å². The molecule has 7 nitrogen and oxygen atoms in total. The van der Waals surface area contributed by atoms with Gasteiger partial charge < -0.3 is 5.32 Å². The number of nitrogens with one attached hydrogen (secondary N) is 1. The Hall–Kier alpha value is -2.22. The summed E-state index contributed by atoms with van der Waals surface area (Å²) >= 11 is 0. The average Bonchev–Trinajstić information content (AvgIpc) is 2.34. The molecule has 0 unspecified atom stereocenters. The van der Waals surface area contributed by atoms with E-state index in [2.05, 4.69) is 10.3 Å². The SMILES string of the molecule is Cc1ccn2c(=O)cc(CS(=O)(=O)CC(=O)NC(C)C)nc2c1. The molecule has 0 bridgehead atoms. The van der Waals surface area contributed by atoms with E-state index >= 15 is 0 Å². The minimum Gasteiger partial charge on any atom is -0.353 e. The maximum Gasteiger partial charge on any atom is 0.258 e. The lowest BCUT2D eigenvalue weighted by Gasteiger charge is -2.09. The summed E-state index contributed by atoms with van der Waals surface area (Å²) in [4.78, 5) is 27.8. The first kappa shape index (κ1) is 17.1. The molecule has 0 aliphatic heterocycles. The first-order valence-electron chi connectivity index (χ1n) is 7.15. The number of nitrogens with zero attached hydrogens (tertiary/aromatic N) is 2. The number of sulfone groups is 1. The van der Waals surface area contributed by atoms with Crippen molar-refractivity contribution in [1.29, 1.82) is 0 Å². The Balaban J connectivity index is 2.27. The van der Waals surface area contributed by atoms with Crippen molar-refractivity contribution in [3.63, 3.8) is 0 Å². The van der Waals surface area contributed by atoms with Crippen molar-refractivity contribution < 1.29 is 13.2 Å². The third kappa shape index (κ3) is 4.62. The molecule has 2 aromatic rings. The van der Waals surface area contributed by atoms with E-state index in [1.54, 1.807) is 32.2 Å². The molecule has 2 rings (SSSR count). The normalized spacial score (nSPS) is 11.8. The third-order valence-corrected chi connectivity index (χ3v) is 4.48. The second-order valence-electron chi connectivity index (χ2n) is 5.77. The molecule has 124 valence electrons. The molecule has 1 amide bonds. The first-order valence-corrected chi connectivity index (χ1v) is 8.97. The fourth-order valence-corrected chi connectivity index (χ4v) is 3.35. The number of pyridine rings is 1. The Morgan fingerprint density at radius 1 is 1.35 bits per heavy atom. The van der Waals surface area contributed by atoms with Gasteiger partial charge in [0.15, 0.2) is 9.84 Å². The van der Waals surface area contributed by atoms with Crippen molar-refractivity contribution in [2.24, 2.45) is 0 Å². The second-order valence-corrected chi connectivity index (χ2v) is 7.84. The van der Waals surface area contributed by atoms with Gasteiger partial charge in [-0.2, -0.15) is 0 Å². The highest BCUT2D eigenvalue weighted by Gasteiger charge is 2.19. The first-order chi connectivity index (χ1) is 10.7. The van der Waals surface area contributed by atoms with Gasteiger partial charge in [0.25, 0.3) is 5.56 Å². The summed E-state index contributed by atoms with van der Waals surface area (Å²) in [7, 11) is -3.70. The lowest BCUT2D eigenvalue weighted by molar-refractivity contribution is -0.119. The predicted octanol–water partition coefficient (Wildman–Crippen LogP) is 0.442. The molecule has 2 heterocycles. The highest BCUT2D eigenvalue weighted by Crippen LogP contribution is 2.06. The van der Waals surface area contributed by atoms with Crippen LogP contribution in [0.15, 0.2) is 29.2 Å². The molecule has 0 fully saturated rings. The molecule has 0 saturated heterocycles. The van der Waals surface area contributed by atoms with Gasteiger partial charge in [-0.15, -0.1) is 0 Å². The minimum atomic E-state index is -3.70. The molecule has 1 N–H and O–H groups in total. The van der Waals surface area contributed by atoms with Crippen LogP contribution in [0, 0.1) is 6.92 Å². The summed E-state index contributed by atoms with van der Waals surface area (Å²) in [5, 5.41) is 2.53. The van der Waals surface area contributed by atoms with Crippen LogP contribution < -0.4 is 10.9 Å². The van der Waals surface area contributed by atoms with Crippen LogP contribution >= 0.6 is 0 Å². The summed E-state index contributed by atoms with van der Waals surface area (Å²) in [6.07, 6.45) is 1.59. The predicted molar refractivity (Wildman–Crippen MR) is 87.0 cm³/mol. The van der Waals surface area contributed by atoms with Crippen LogP contribution in [0.5, 0.6) is 0 Å². The molecule has 23 heavy (non-hydrogen) atoms. The number of carbonyl (C=O) groups is 1. The number of hydrogen-bond donors (Lipinski definition) is 1. The number of carbonyl (C=O) groups excluding carboxylic acids is 1. The van der Waals surface area contributed by atoms with Crippen LogP contribution in [0.1, 0.15) is 25.1 Å². The van der Waals surface area contributed by atoms with Crippen LogP contribution in [0.3, 0.4) is 0 Å². The Morgan fingerprint density at radius 3 is 2.70 bits per heavy atom. The molecule has 0 aliphatic rings. The zero-order valence-electron chi connectivity index (χ0n) is 13.2. The highest BCUT2D eigenvalue weighted by atomic mass is 32.2. The molecule has 8 heteroatoms. The Kier molecular flexibility index (Phi) is 4.84. The third-order valence-electron chi connectivity index (χ3n) is 3.04. The van der Waals surface area contributed by atoms with Crippen molar-refractivity contribution >= 4 is 21.4 Å². The Morgan fingerprint density at radius 2 is 2.04 bits per heavy atom. The van der Waals surface area contributed by atoms with E-state index in [1.165, 1.54) is 10.5 Å². The lowest BCUT2D eigenvalue weighted by Crippen LogP contribution is -2.35. The molecule has 2 aromatic heterocycles. The zero-order valence-corrected chi connectivity index (χ0v) is 14.1. The number of fused-ring (bicyclic) bond motifs is 1. The number of rotatable bonds is 5. The fraction of sp³-hybridized carbons (Fsp3) is 0.400. The van der Waals surface area contributed by atoms with Crippen molar-refractivity contribution in [1.82, 2.24) is 14.7 Å². The van der Waals surface area contributed by atoms with Crippen molar-refractivity contribution in [3.05, 3.63) is 46.0 Å². The van der Waals surface area contributed by atoms with Gasteiger partial charge >= 0.3 is 0 Å². The molecule has 0 aromatic carbocycles. The van der Waals surface area contributed by atoms with Crippen molar-refractivity contribution in [2.45, 2.75) is 32.6 Å². The largest absolute Gasteiger partial charge is 0.353 e. The topological polar surface area (TPSA) is 97.6 Å². The molecule has 0 spiro atoms. The van der Waals surface area contributed by atoms with Crippen LogP contribution in [0.25, 0.3) is 5.65 Å². The summed E-state index contributed by atoms with van der Waals surface area (Å²) < 4.78 is 25.5. The van der Waals surface area contributed by atoms with Gasteiger partial charge in [0.05, 0.1) is 11.4 Å². The Labute approximate surface area is 134 Å². The van der Waals surface area contributed by atoms with E-state index in [1.807, 2.05) is 6.92 Å². The van der Waals surface area contributed by atoms with Crippen LogP contribution in [-0.4, -0.2) is 35.5 Å². The van der Waals surface area contributed by atoms with Gasteiger partial charge in [-0.05, 0) is 38.5 Å². The van der Waals surface area contributed by atoms with Gasteiger partial charge in [0, 0.05) is 18.3 Å². The second kappa shape index (κ2) is 6.49. The maximum atomic E-state index is 12.1. The highest BCUT2D eigenvalue weighted by molar-refractivity contribution is 7.91. The fourth-order valence-electron chi connectivity index (χ4n) is 2.17. The molecule has 0 radical (unpaired) electrons. The zero-order chi connectivity index (χ0) is 17.2. The van der Waals surface area contributed by atoms with E-state index in [0.29, 0.717) is 5.65 Å². The average molecular weight is 337 g/mol. The van der Waals surface area contributed by atoms with Gasteiger partial charge in [-0.25, -0.2) is 13.4 Å². The summed E-state index contributed by atoms with van der Waals surface area (Å²) in [6, 6.07) is 4.51. The lowest BCUT2D eigenvalue weighted by atomic mass is 10.3. The minimum absolute atomic E-state index is 0.135. The number of aromatic nitrogens is 2. The van der Waals surface area contributed by atoms with Crippen LogP contribution in [-0.2, 0) is 20.4 Å². The molecule has 0 saturated carbocycles. The number of hydrogen-bond acceptors (Lipinski definition) is 5. The number of amides is 1. The Bertz CT molecular complexity index is 901. The quantitative estimate of drug-likeness (QED) is 0.854. The summed E-state index contributed by atoms with van der Waals surface area (Å²) in [5.41, 5.74) is 1.08. The molecular weight excluding hydrogens is 318 g/mol. The van der Waals surface area contributed by atoms with Gasteiger partial charge in [-0.1, -0.05) is 0 Å². The standard InChI is InChI=1S/C15H19N3O4S/c1-10(2)16-14(19)9-23(21,22)8-12-7-15(20)18-5-4-11(3)6-13(18)17-12/h4-7,10H,8-9H2,1-3H3,(H,16,19). The number of aryl methyl sites for hydroxylation is 1. The van der Waals surface area contributed by atoms with Crippen LogP contribution in [0.4, 0.5) is 0 Å². The van der Waals surface area contributed by atoms with Gasteiger partial charge in [-0.3, -0.25) is 14.0 Å². The monoisotopic (exact) mass is 337 g/mol. The molecule has 0 atom stereocenters. The van der Waals surface area contributed by atoms with Crippen LogP contribution in [0.2, 0.25) is 0 Å². The summed E-state index contributed by atoms with van der Waals surface area (Å²) in [5.74, 6) is -1.63. The van der Waals surface area contributed by atoms with Crippen molar-refractivity contribution in [2.75, 3.05) is 5.75 Å². The van der Waals surface area contributed by atoms with E-state index in [9.17, 15) is 18.0 Å². The van der Waals surface area contributed by atoms with Gasteiger partial charge in [0.2, 0.25) is 5.91 Å². The summed E-state index contributed by atoms with van der Waals surface area (Å²) in [6.45, 7) is 5.35. The smallest absolute Gasteiger partial charge is 0.258 e. The van der Waals surface area contributed by atoms with Gasteiger partial charge in [0.1, 0.15) is 11.4 Å². The molecule has 0 aliphatic carbocycles. The van der Waals surface area contributed by atoms with E-state index in [0.717, 1.165) is 5.56 Å². The van der Waals surface area contributed by atoms with E-state index < -0.39 is 27.3 Å². The maximum absolute atomic E-state index is 12.1. The van der Waals surface area contributed by atoms with E-state index in [-0.39, 0.29) is 17.3 Å².